The number of fused-ring (bicyclic) bond motifs is 2. The van der Waals surface area contributed by atoms with Crippen molar-refractivity contribution in [2.45, 2.75) is 26.7 Å². The number of allylic oxidation sites excluding steroid dienone is 1. The second-order valence-electron chi connectivity index (χ2n) is 8.64. The summed E-state index contributed by atoms with van der Waals surface area (Å²) in [4.78, 5) is 25.9. The first-order valence-corrected chi connectivity index (χ1v) is 11.3. The number of nitriles is 1. The summed E-state index contributed by atoms with van der Waals surface area (Å²) >= 11 is 0. The van der Waals surface area contributed by atoms with Gasteiger partial charge in [-0.1, -0.05) is 44.2 Å². The smallest absolute Gasteiger partial charge is 0.269 e. The van der Waals surface area contributed by atoms with Gasteiger partial charge in [-0.05, 0) is 60.4 Å². The first-order valence-electron chi connectivity index (χ1n) is 11.3. The van der Waals surface area contributed by atoms with Crippen molar-refractivity contribution in [3.05, 3.63) is 99.7 Å². The van der Waals surface area contributed by atoms with Crippen LogP contribution >= 0.6 is 0 Å². The van der Waals surface area contributed by atoms with Crippen LogP contribution in [0.25, 0.3) is 28.3 Å². The summed E-state index contributed by atoms with van der Waals surface area (Å²) in [6, 6.07) is 21.0. The molecule has 7 heteroatoms. The molecule has 0 fully saturated rings. The first kappa shape index (κ1) is 22.1. The lowest BCUT2D eigenvalue weighted by molar-refractivity contribution is 0.452. The van der Waals surface area contributed by atoms with Crippen molar-refractivity contribution in [3.8, 4) is 17.7 Å². The minimum Gasteiger partial charge on any atom is -0.438 e. The molecule has 0 aliphatic heterocycles. The van der Waals surface area contributed by atoms with Crippen LogP contribution in [0.4, 0.5) is 0 Å². The predicted molar refractivity (Wildman–Crippen MR) is 136 cm³/mol. The van der Waals surface area contributed by atoms with E-state index < -0.39 is 0 Å². The Balaban J connectivity index is 1.72. The van der Waals surface area contributed by atoms with Gasteiger partial charge in [0.05, 0.1) is 16.6 Å². The van der Waals surface area contributed by atoms with Crippen LogP contribution in [-0.2, 0) is 0 Å². The zero-order valence-electron chi connectivity index (χ0n) is 19.6. The summed E-state index contributed by atoms with van der Waals surface area (Å²) in [5.74, 6) is 1.34. The first-order chi connectivity index (χ1) is 16.9. The molecule has 0 bridgehead atoms. The Hall–Kier alpha value is -4.70. The maximum absolute atomic E-state index is 13.5. The van der Waals surface area contributed by atoms with Crippen LogP contribution in [0.1, 0.15) is 42.3 Å². The van der Waals surface area contributed by atoms with Crippen molar-refractivity contribution in [3.63, 3.8) is 0 Å². The molecule has 2 aromatic carbocycles. The number of pyridine rings is 1. The van der Waals surface area contributed by atoms with Gasteiger partial charge in [-0.2, -0.15) is 10.2 Å². The molecule has 3 aromatic heterocycles. The van der Waals surface area contributed by atoms with E-state index in [1.54, 1.807) is 18.3 Å². The molecule has 5 rings (SSSR count). The Bertz CT molecular complexity index is 1670. The maximum Gasteiger partial charge on any atom is 0.269 e. The van der Waals surface area contributed by atoms with E-state index in [1.807, 2.05) is 55.5 Å². The molecule has 0 saturated carbocycles. The van der Waals surface area contributed by atoms with Crippen LogP contribution in [0, 0.1) is 18.3 Å². The minimum atomic E-state index is -0.340. The standard InChI is InChI=1S/C28H23N5O2/c1-17(2)20-12-11-18(3)14-24(20)35-27-21(28(34)33-13-7-6-10-25(33)32-27)15-19(16-29)26-30-22-8-4-5-9-23(22)31-26/h4-15,17H,1-3H3,(H,30,31)/b19-15+. The van der Waals surface area contributed by atoms with E-state index in [0.29, 0.717) is 17.2 Å². The Labute approximate surface area is 202 Å². The zero-order valence-corrected chi connectivity index (χ0v) is 19.6. The average molecular weight is 462 g/mol. The summed E-state index contributed by atoms with van der Waals surface area (Å²) in [5, 5.41) is 9.96. The van der Waals surface area contributed by atoms with E-state index in [-0.39, 0.29) is 28.5 Å². The van der Waals surface area contributed by atoms with E-state index in [1.165, 1.54) is 10.5 Å². The SMILES string of the molecule is Cc1ccc(C(C)C)c(Oc2nc3ccccn3c(=O)c2/C=C(\C#N)c2nc3ccccc3[nH]2)c1. The highest BCUT2D eigenvalue weighted by atomic mass is 16.5. The predicted octanol–water partition coefficient (Wildman–Crippen LogP) is 5.86. The monoisotopic (exact) mass is 461 g/mol. The topological polar surface area (TPSA) is 96.1 Å². The Morgan fingerprint density at radius 3 is 2.69 bits per heavy atom. The number of para-hydroxylation sites is 2. The normalized spacial score (nSPS) is 11.8. The van der Waals surface area contributed by atoms with Gasteiger partial charge in [0.25, 0.3) is 5.56 Å². The van der Waals surface area contributed by atoms with Gasteiger partial charge >= 0.3 is 0 Å². The molecule has 172 valence electrons. The molecule has 0 spiro atoms. The molecule has 0 aliphatic rings. The Kier molecular flexibility index (Phi) is 5.63. The highest BCUT2D eigenvalue weighted by Crippen LogP contribution is 2.33. The van der Waals surface area contributed by atoms with Crippen molar-refractivity contribution >= 4 is 28.3 Å². The van der Waals surface area contributed by atoms with Crippen molar-refractivity contribution < 1.29 is 4.74 Å². The van der Waals surface area contributed by atoms with Gasteiger partial charge < -0.3 is 9.72 Å². The molecule has 0 saturated heterocycles. The Morgan fingerprint density at radius 1 is 1.11 bits per heavy atom. The van der Waals surface area contributed by atoms with Gasteiger partial charge in [0.15, 0.2) is 0 Å². The number of rotatable bonds is 5. The fraction of sp³-hybridized carbons (Fsp3) is 0.143. The number of aromatic amines is 1. The van der Waals surface area contributed by atoms with Crippen molar-refractivity contribution in [2.75, 3.05) is 0 Å². The number of nitrogens with zero attached hydrogens (tertiary/aromatic N) is 4. The van der Waals surface area contributed by atoms with Gasteiger partial charge in [-0.25, -0.2) is 4.98 Å². The van der Waals surface area contributed by atoms with Crippen LogP contribution < -0.4 is 10.3 Å². The van der Waals surface area contributed by atoms with E-state index in [9.17, 15) is 10.1 Å². The number of imidazole rings is 1. The van der Waals surface area contributed by atoms with Crippen molar-refractivity contribution in [1.29, 1.82) is 5.26 Å². The highest BCUT2D eigenvalue weighted by molar-refractivity contribution is 5.91. The van der Waals surface area contributed by atoms with Gasteiger partial charge in [-0.3, -0.25) is 9.20 Å². The summed E-state index contributed by atoms with van der Waals surface area (Å²) in [7, 11) is 0. The van der Waals surface area contributed by atoms with Crippen molar-refractivity contribution in [1.82, 2.24) is 19.4 Å². The number of aromatic nitrogens is 4. The lowest BCUT2D eigenvalue weighted by Crippen LogP contribution is -2.19. The van der Waals surface area contributed by atoms with Crippen LogP contribution in [0.3, 0.4) is 0 Å². The van der Waals surface area contributed by atoms with Crippen molar-refractivity contribution in [2.24, 2.45) is 0 Å². The number of nitrogens with one attached hydrogen (secondary N) is 1. The second-order valence-corrected chi connectivity index (χ2v) is 8.64. The molecule has 7 nitrogen and oxygen atoms in total. The second kappa shape index (κ2) is 8.92. The number of hydrogen-bond donors (Lipinski definition) is 1. The lowest BCUT2D eigenvalue weighted by atomic mass is 10.0. The van der Waals surface area contributed by atoms with Gasteiger partial charge in [0.2, 0.25) is 5.88 Å². The third-order valence-electron chi connectivity index (χ3n) is 5.79. The highest BCUT2D eigenvalue weighted by Gasteiger charge is 2.18. The lowest BCUT2D eigenvalue weighted by Gasteiger charge is -2.16. The third-order valence-corrected chi connectivity index (χ3v) is 5.79. The molecule has 0 amide bonds. The molecule has 0 atom stereocenters. The van der Waals surface area contributed by atoms with E-state index in [4.69, 9.17) is 4.74 Å². The van der Waals surface area contributed by atoms with E-state index >= 15 is 0 Å². The van der Waals surface area contributed by atoms with Gasteiger partial charge in [-0.15, -0.1) is 0 Å². The Morgan fingerprint density at radius 2 is 1.91 bits per heavy atom. The fourth-order valence-electron chi connectivity index (χ4n) is 3.97. The molecule has 0 unspecified atom stereocenters. The minimum absolute atomic E-state index is 0.137. The molecule has 1 N–H and O–H groups in total. The largest absolute Gasteiger partial charge is 0.438 e. The van der Waals surface area contributed by atoms with Crippen LogP contribution in [0.2, 0.25) is 0 Å². The third kappa shape index (κ3) is 4.18. The zero-order chi connectivity index (χ0) is 24.5. The average Bonchev–Trinajstić information content (AvgIpc) is 3.28. The van der Waals surface area contributed by atoms with Crippen LogP contribution in [-0.4, -0.2) is 19.4 Å². The van der Waals surface area contributed by atoms with Gasteiger partial charge in [0, 0.05) is 6.20 Å². The quantitative estimate of drug-likeness (QED) is 0.331. The van der Waals surface area contributed by atoms with E-state index in [0.717, 1.165) is 22.2 Å². The fourth-order valence-corrected chi connectivity index (χ4v) is 3.97. The molecule has 3 heterocycles. The number of aryl methyl sites for hydroxylation is 1. The van der Waals surface area contributed by atoms with E-state index in [2.05, 4.69) is 34.9 Å². The number of hydrogen-bond acceptors (Lipinski definition) is 5. The number of ether oxygens (including phenoxy) is 1. The molecule has 35 heavy (non-hydrogen) atoms. The number of H-pyrrole nitrogens is 1. The van der Waals surface area contributed by atoms with Crippen LogP contribution in [0.15, 0.2) is 71.7 Å². The number of benzene rings is 2. The molecular weight excluding hydrogens is 438 g/mol. The maximum atomic E-state index is 13.5. The van der Waals surface area contributed by atoms with Crippen LogP contribution in [0.5, 0.6) is 11.6 Å². The summed E-state index contributed by atoms with van der Waals surface area (Å²) in [5.41, 5.74) is 4.04. The van der Waals surface area contributed by atoms with Gasteiger partial charge in [0.1, 0.15) is 28.9 Å². The summed E-state index contributed by atoms with van der Waals surface area (Å²) in [6.07, 6.45) is 3.14. The molecular formula is C28H23N5O2. The molecule has 0 radical (unpaired) electrons. The molecule has 5 aromatic rings. The summed E-state index contributed by atoms with van der Waals surface area (Å²) in [6.45, 7) is 6.14. The molecule has 0 aliphatic carbocycles. The summed E-state index contributed by atoms with van der Waals surface area (Å²) < 4.78 is 7.74.